The molecule has 2 atom stereocenters. The summed E-state index contributed by atoms with van der Waals surface area (Å²) in [5, 5.41) is 0. The van der Waals surface area contributed by atoms with Crippen molar-refractivity contribution in [2.75, 3.05) is 0 Å². The molecule has 0 aliphatic heterocycles. The van der Waals surface area contributed by atoms with Gasteiger partial charge in [-0.2, -0.15) is 0 Å². The number of benzene rings is 2. The Labute approximate surface area is 228 Å². The van der Waals surface area contributed by atoms with E-state index in [9.17, 15) is 0 Å². The molecule has 2 aliphatic rings. The molecule has 4 rings (SSSR count). The molecule has 0 fully saturated rings. The summed E-state index contributed by atoms with van der Waals surface area (Å²) in [6.07, 6.45) is 2.27. The van der Waals surface area contributed by atoms with Gasteiger partial charge in [0.15, 0.2) is 0 Å². The molecule has 0 saturated heterocycles. The molecular weight excluding hydrogens is 551 g/mol. The number of halogens is 2. The van der Waals surface area contributed by atoms with E-state index in [4.69, 9.17) is 0 Å². The normalized spacial score (nSPS) is 18.1. The maximum atomic E-state index is 2.65. The van der Waals surface area contributed by atoms with Gasteiger partial charge in [-0.1, -0.05) is 0 Å². The Bertz CT molecular complexity index is 1140. The second-order valence-corrected chi connectivity index (χ2v) is 28.2. The molecule has 0 nitrogen and oxygen atoms in total. The molecule has 0 aromatic heterocycles. The van der Waals surface area contributed by atoms with E-state index in [-0.39, 0.29) is 30.2 Å². The Morgan fingerprint density at radius 1 is 0.647 bits per heavy atom. The summed E-state index contributed by atoms with van der Waals surface area (Å²) in [7, 11) is 0. The van der Waals surface area contributed by atoms with Crippen LogP contribution in [-0.2, 0) is 33.2 Å². The summed E-state index contributed by atoms with van der Waals surface area (Å²) in [6, 6.07) is 9.65. The molecule has 2 unspecified atom stereocenters. The molecule has 0 bridgehead atoms. The monoisotopic (exact) mass is 588 g/mol. The van der Waals surface area contributed by atoms with E-state index in [1.807, 2.05) is 0 Å². The van der Waals surface area contributed by atoms with Crippen LogP contribution in [0.5, 0.6) is 0 Å². The minimum absolute atomic E-state index is 0. The zero-order valence-electron chi connectivity index (χ0n) is 22.6. The van der Waals surface area contributed by atoms with Crippen LogP contribution in [0.15, 0.2) is 35.4 Å². The van der Waals surface area contributed by atoms with Crippen LogP contribution in [-0.4, -0.2) is 5.43 Å². The van der Waals surface area contributed by atoms with Crippen molar-refractivity contribution >= 4 is 16.6 Å². The molecule has 0 heterocycles. The third kappa shape index (κ3) is 4.44. The van der Waals surface area contributed by atoms with Crippen LogP contribution in [0.2, 0.25) is 13.1 Å². The average molecular weight is 591 g/mol. The largest absolute Gasteiger partial charge is 1.00 e. The summed E-state index contributed by atoms with van der Waals surface area (Å²) in [6.45, 7) is 24.5. The van der Waals surface area contributed by atoms with E-state index in [1.165, 1.54) is 11.1 Å². The van der Waals surface area contributed by atoms with E-state index in [0.29, 0.717) is 0 Å². The van der Waals surface area contributed by atoms with Gasteiger partial charge < -0.3 is 24.8 Å². The molecular formula is C30H40Cl2SiZr. The van der Waals surface area contributed by atoms with Crippen molar-refractivity contribution in [3.63, 3.8) is 0 Å². The molecule has 2 aliphatic carbocycles. The topological polar surface area (TPSA) is 0 Å². The van der Waals surface area contributed by atoms with Gasteiger partial charge in [0.2, 0.25) is 0 Å². The number of hydrogen-bond donors (Lipinski definition) is 0. The molecule has 2 aromatic rings. The van der Waals surface area contributed by atoms with Crippen LogP contribution in [0.25, 0.3) is 11.1 Å². The molecule has 0 amide bonds. The van der Waals surface area contributed by atoms with Crippen molar-refractivity contribution in [1.82, 2.24) is 0 Å². The van der Waals surface area contributed by atoms with Crippen molar-refractivity contribution in [2.45, 2.75) is 88.6 Å². The molecule has 0 radical (unpaired) electrons. The number of allylic oxidation sites excluding steroid dienone is 4. The first-order valence-electron chi connectivity index (χ1n) is 12.4. The van der Waals surface area contributed by atoms with Crippen LogP contribution in [0, 0.1) is 13.8 Å². The Kier molecular flexibility index (Phi) is 9.94. The van der Waals surface area contributed by atoms with Gasteiger partial charge in [-0.3, -0.25) is 0 Å². The molecule has 0 saturated carbocycles. The van der Waals surface area contributed by atoms with Crippen molar-refractivity contribution < 1.29 is 45.2 Å². The summed E-state index contributed by atoms with van der Waals surface area (Å²) in [4.78, 5) is 0. The van der Waals surface area contributed by atoms with Gasteiger partial charge in [0, 0.05) is 0 Å². The van der Waals surface area contributed by atoms with Crippen LogP contribution in [0.4, 0.5) is 0 Å². The average Bonchev–Trinajstić information content (AvgIpc) is 3.17. The molecule has 2 aromatic carbocycles. The summed E-state index contributed by atoms with van der Waals surface area (Å²) in [5.41, 5.74) is 19.2. The van der Waals surface area contributed by atoms with E-state index in [1.54, 1.807) is 55.7 Å². The number of fused-ring (bicyclic) bond motifs is 2. The molecule has 34 heavy (non-hydrogen) atoms. The molecule has 4 heteroatoms. The van der Waals surface area contributed by atoms with E-state index in [0.717, 1.165) is 20.1 Å². The van der Waals surface area contributed by atoms with Crippen LogP contribution in [0.1, 0.15) is 93.3 Å². The third-order valence-corrected chi connectivity index (χ3v) is 28.1. The van der Waals surface area contributed by atoms with Gasteiger partial charge in [0.1, 0.15) is 0 Å². The first-order valence-corrected chi connectivity index (χ1v) is 21.5. The Morgan fingerprint density at radius 3 is 1.29 bits per heavy atom. The van der Waals surface area contributed by atoms with Gasteiger partial charge in [-0.05, 0) is 0 Å². The predicted octanol–water partition coefficient (Wildman–Crippen LogP) is 2.70. The Balaban J connectivity index is 0.00000204. The first-order chi connectivity index (χ1) is 15.1. The SMILES string of the molecule is CCc1ccc(C)c2c1C(C)=C(C)[CH]2[Zr+2]([CH]1C(C)=C(C)c2c(CC)ccc(C)c21)=[Si](C)C.[Cl-].[Cl-]. The van der Waals surface area contributed by atoms with Crippen LogP contribution in [0.3, 0.4) is 0 Å². The Morgan fingerprint density at radius 2 is 1.00 bits per heavy atom. The summed E-state index contributed by atoms with van der Waals surface area (Å²) < 4.78 is 1.48. The smallest absolute Gasteiger partial charge is 1.00 e. The van der Waals surface area contributed by atoms with Crippen molar-refractivity contribution in [3.05, 3.63) is 79.9 Å². The summed E-state index contributed by atoms with van der Waals surface area (Å²) >= 11 is -2.00. The fourth-order valence-corrected chi connectivity index (χ4v) is 28.0. The third-order valence-electron chi connectivity index (χ3n) is 8.44. The van der Waals surface area contributed by atoms with Crippen LogP contribution >= 0.6 is 0 Å². The van der Waals surface area contributed by atoms with Crippen molar-refractivity contribution in [1.29, 1.82) is 0 Å². The number of hydrogen-bond acceptors (Lipinski definition) is 0. The predicted molar refractivity (Wildman–Crippen MR) is 141 cm³/mol. The van der Waals surface area contributed by atoms with Crippen LogP contribution < -0.4 is 24.8 Å². The first kappa shape index (κ1) is 29.8. The minimum atomic E-state index is -2.00. The zero-order valence-corrected chi connectivity index (χ0v) is 27.6. The van der Waals surface area contributed by atoms with Gasteiger partial charge in [-0.25, -0.2) is 0 Å². The molecule has 0 N–H and O–H groups in total. The van der Waals surface area contributed by atoms with Gasteiger partial charge >= 0.3 is 205 Å². The maximum Gasteiger partial charge on any atom is -1.00 e. The van der Waals surface area contributed by atoms with Crippen molar-refractivity contribution in [3.8, 4) is 0 Å². The molecule has 182 valence electrons. The second kappa shape index (κ2) is 11.3. The fraction of sp³-hybridized carbons (Fsp3) is 0.467. The van der Waals surface area contributed by atoms with Gasteiger partial charge in [-0.15, -0.1) is 0 Å². The quantitative estimate of drug-likeness (QED) is 0.481. The van der Waals surface area contributed by atoms with E-state index >= 15 is 0 Å². The molecule has 0 spiro atoms. The number of rotatable bonds is 4. The minimum Gasteiger partial charge on any atom is -1.00 e. The standard InChI is InChI=1S/2C14H17.C2H6Si.2ClH.Zr/c2*1-5-12-7-6-9(2)13-8-10(3)11(4)14(12)13;1-3-2;;;/h2*6-8H,5H2,1-4H3;1-2H3;2*1H;/q;;;;;+2/p-2. The number of aryl methyl sites for hydroxylation is 4. The second-order valence-electron chi connectivity index (χ2n) is 10.3. The van der Waals surface area contributed by atoms with E-state index < -0.39 is 20.4 Å². The fourth-order valence-electron chi connectivity index (χ4n) is 6.54. The van der Waals surface area contributed by atoms with Gasteiger partial charge in [0.05, 0.1) is 0 Å². The Hall–Kier alpha value is -0.400. The maximum absolute atomic E-state index is 2.65. The van der Waals surface area contributed by atoms with E-state index in [2.05, 4.69) is 92.7 Å². The zero-order chi connectivity index (χ0) is 23.5. The summed E-state index contributed by atoms with van der Waals surface area (Å²) in [5.74, 6) is 0. The van der Waals surface area contributed by atoms with Gasteiger partial charge in [0.25, 0.3) is 0 Å². The van der Waals surface area contributed by atoms with Crippen molar-refractivity contribution in [2.24, 2.45) is 0 Å².